The lowest BCUT2D eigenvalue weighted by Gasteiger charge is -1.70. The van der Waals surface area contributed by atoms with Crippen LogP contribution in [-0.4, -0.2) is 0 Å². The topological polar surface area (TPSA) is 26.0 Å². The van der Waals surface area contributed by atoms with Crippen molar-refractivity contribution in [2.24, 2.45) is 0 Å². The van der Waals surface area contributed by atoms with E-state index >= 15 is 0 Å². The molecule has 0 bridgehead atoms. The number of hydrogen-bond acceptors (Lipinski definition) is 2. The third kappa shape index (κ3) is 0.933. The van der Waals surface area contributed by atoms with Crippen LogP contribution in [0.15, 0.2) is 5.38 Å². The van der Waals surface area contributed by atoms with Crippen molar-refractivity contribution in [2.45, 2.75) is 6.92 Å². The maximum absolute atomic E-state index is 5.34. The van der Waals surface area contributed by atoms with Gasteiger partial charge in [-0.3, -0.25) is 0 Å². The summed E-state index contributed by atoms with van der Waals surface area (Å²) in [7, 11) is 0. The van der Waals surface area contributed by atoms with Crippen LogP contribution in [0.5, 0.6) is 0 Å². The van der Waals surface area contributed by atoms with Gasteiger partial charge in [0.1, 0.15) is 0 Å². The maximum Gasteiger partial charge on any atom is 0.0940 e. The smallest absolute Gasteiger partial charge is 0.0940 e. The van der Waals surface area contributed by atoms with Gasteiger partial charge >= 0.3 is 0 Å². The average Bonchev–Trinajstić information content (AvgIpc) is 1.87. The third-order valence-corrected chi connectivity index (χ3v) is 1.51. The van der Waals surface area contributed by atoms with Crippen molar-refractivity contribution in [2.75, 3.05) is 5.73 Å². The monoisotopic (exact) mass is 112 g/mol. The van der Waals surface area contributed by atoms with Gasteiger partial charge in [-0.15, -0.1) is 11.3 Å². The molecule has 0 unspecified atom stereocenters. The molecular formula is C5H6NS. The summed E-state index contributed by atoms with van der Waals surface area (Å²) in [4.78, 5) is 0. The van der Waals surface area contributed by atoms with Crippen LogP contribution < -0.4 is 5.73 Å². The summed E-state index contributed by atoms with van der Waals surface area (Å²) in [5.74, 6) is 0. The van der Waals surface area contributed by atoms with Gasteiger partial charge in [-0.1, -0.05) is 0 Å². The number of hydrogen-bond donors (Lipinski definition) is 1. The molecule has 0 atom stereocenters. The van der Waals surface area contributed by atoms with E-state index in [4.69, 9.17) is 5.73 Å². The van der Waals surface area contributed by atoms with Crippen LogP contribution in [0.1, 0.15) is 5.56 Å². The minimum Gasteiger partial charge on any atom is -0.390 e. The second-order valence-corrected chi connectivity index (χ2v) is 2.32. The lowest BCUT2D eigenvalue weighted by Crippen LogP contribution is -1.74. The molecule has 0 spiro atoms. The molecule has 1 nitrogen and oxygen atoms in total. The lowest BCUT2D eigenvalue weighted by molar-refractivity contribution is 1.54. The van der Waals surface area contributed by atoms with Gasteiger partial charge in [0, 0.05) is 6.07 Å². The number of aryl methyl sites for hydroxylation is 1. The Balaban J connectivity index is 3.04. The van der Waals surface area contributed by atoms with Crippen LogP contribution >= 0.6 is 11.3 Å². The normalized spacial score (nSPS) is 9.29. The minimum absolute atomic E-state index is 0.775. The van der Waals surface area contributed by atoms with E-state index in [0.29, 0.717) is 0 Å². The zero-order valence-electron chi connectivity index (χ0n) is 4.06. The number of nitrogen functional groups attached to an aromatic ring is 1. The molecule has 1 radical (unpaired) electrons. The van der Waals surface area contributed by atoms with Crippen LogP contribution in [0, 0.1) is 13.0 Å². The fourth-order valence-corrected chi connectivity index (χ4v) is 0.988. The summed E-state index contributed by atoms with van der Waals surface area (Å²) in [5.41, 5.74) is 6.47. The van der Waals surface area contributed by atoms with Crippen molar-refractivity contribution in [1.82, 2.24) is 0 Å². The summed E-state index contributed by atoms with van der Waals surface area (Å²) in [6, 6.07) is 2.94. The van der Waals surface area contributed by atoms with Crippen molar-refractivity contribution >= 4 is 16.3 Å². The largest absolute Gasteiger partial charge is 0.390 e. The number of rotatable bonds is 0. The number of anilines is 1. The molecule has 0 fully saturated rings. The molecule has 1 aromatic heterocycles. The molecule has 0 saturated heterocycles. The molecule has 0 amide bonds. The van der Waals surface area contributed by atoms with Gasteiger partial charge < -0.3 is 5.73 Å². The maximum atomic E-state index is 5.34. The molecule has 37 valence electrons. The average molecular weight is 112 g/mol. The molecule has 0 saturated carbocycles. The van der Waals surface area contributed by atoms with Crippen molar-refractivity contribution < 1.29 is 0 Å². The highest BCUT2D eigenvalue weighted by atomic mass is 32.1. The highest BCUT2D eigenvalue weighted by molar-refractivity contribution is 7.14. The molecule has 1 rings (SSSR count). The van der Waals surface area contributed by atoms with E-state index in [1.165, 1.54) is 11.3 Å². The van der Waals surface area contributed by atoms with Gasteiger partial charge in [0.15, 0.2) is 0 Å². The van der Waals surface area contributed by atoms with Crippen molar-refractivity contribution in [3.8, 4) is 0 Å². The van der Waals surface area contributed by atoms with Crippen molar-refractivity contribution in [1.29, 1.82) is 0 Å². The molecule has 0 aliphatic heterocycles. The number of thiophene rings is 1. The van der Waals surface area contributed by atoms with E-state index in [-0.39, 0.29) is 0 Å². The Hall–Kier alpha value is -0.500. The van der Waals surface area contributed by atoms with Gasteiger partial charge in [0.25, 0.3) is 0 Å². The van der Waals surface area contributed by atoms with E-state index in [0.717, 1.165) is 10.6 Å². The fourth-order valence-electron chi connectivity index (χ4n) is 0.405. The molecule has 0 aliphatic carbocycles. The van der Waals surface area contributed by atoms with Crippen LogP contribution in [-0.2, 0) is 0 Å². The van der Waals surface area contributed by atoms with Gasteiger partial charge in [-0.25, -0.2) is 0 Å². The predicted molar refractivity (Wildman–Crippen MR) is 32.3 cm³/mol. The molecule has 1 aromatic rings. The molecule has 0 aromatic carbocycles. The first kappa shape index (κ1) is 4.65. The molecule has 1 heterocycles. The summed E-state index contributed by atoms with van der Waals surface area (Å²) in [6.07, 6.45) is 0. The minimum atomic E-state index is 0.775. The summed E-state index contributed by atoms with van der Waals surface area (Å²) in [5, 5.41) is 2.76. The summed E-state index contributed by atoms with van der Waals surface area (Å²) in [6.45, 7) is 1.98. The van der Waals surface area contributed by atoms with E-state index in [9.17, 15) is 0 Å². The predicted octanol–water partition coefficient (Wildman–Crippen LogP) is 1.44. The molecule has 2 N–H and O–H groups in total. The molecule has 7 heavy (non-hydrogen) atoms. The first-order valence-electron chi connectivity index (χ1n) is 2.02. The van der Waals surface area contributed by atoms with E-state index in [2.05, 4.69) is 6.07 Å². The summed E-state index contributed by atoms with van der Waals surface area (Å²) < 4.78 is 0. The Labute approximate surface area is 46.8 Å². The van der Waals surface area contributed by atoms with E-state index in [1.807, 2.05) is 12.3 Å². The summed E-state index contributed by atoms with van der Waals surface area (Å²) >= 11 is 1.53. The quantitative estimate of drug-likeness (QED) is 0.540. The Morgan fingerprint density at radius 3 is 2.71 bits per heavy atom. The molecule has 2 heteroatoms. The zero-order valence-corrected chi connectivity index (χ0v) is 4.88. The fraction of sp³-hybridized carbons (Fsp3) is 0.200. The van der Waals surface area contributed by atoms with Crippen molar-refractivity contribution in [3.05, 3.63) is 17.0 Å². The Bertz CT molecular complexity index is 140. The van der Waals surface area contributed by atoms with Gasteiger partial charge in [-0.2, -0.15) is 0 Å². The lowest BCUT2D eigenvalue weighted by atomic mass is 10.4. The highest BCUT2D eigenvalue weighted by Gasteiger charge is 1.86. The van der Waals surface area contributed by atoms with E-state index in [1.54, 1.807) is 0 Å². The first-order chi connectivity index (χ1) is 3.29. The van der Waals surface area contributed by atoms with Gasteiger partial charge in [0.2, 0.25) is 0 Å². The van der Waals surface area contributed by atoms with Crippen molar-refractivity contribution in [3.63, 3.8) is 0 Å². The standard InChI is InChI=1S/C5H6NS/c1-4-2-5(6)7-3-4/h3H,6H2,1H3. The SMILES string of the molecule is Cc1[c]c(N)sc1. The molecular weight excluding hydrogens is 106 g/mol. The molecule has 0 aliphatic rings. The first-order valence-corrected chi connectivity index (χ1v) is 2.90. The van der Waals surface area contributed by atoms with Crippen LogP contribution in [0.3, 0.4) is 0 Å². The van der Waals surface area contributed by atoms with Crippen LogP contribution in [0.25, 0.3) is 0 Å². The van der Waals surface area contributed by atoms with Crippen LogP contribution in [0.2, 0.25) is 0 Å². The Kier molecular flexibility index (Phi) is 1.02. The van der Waals surface area contributed by atoms with Crippen LogP contribution in [0.4, 0.5) is 5.00 Å². The second-order valence-electron chi connectivity index (χ2n) is 1.41. The Morgan fingerprint density at radius 2 is 2.57 bits per heavy atom. The zero-order chi connectivity index (χ0) is 5.28. The van der Waals surface area contributed by atoms with Gasteiger partial charge in [-0.05, 0) is 17.9 Å². The highest BCUT2D eigenvalue weighted by Crippen LogP contribution is 2.12. The second kappa shape index (κ2) is 1.54. The van der Waals surface area contributed by atoms with E-state index < -0.39 is 0 Å². The number of nitrogens with two attached hydrogens (primary N) is 1. The van der Waals surface area contributed by atoms with Gasteiger partial charge in [0.05, 0.1) is 5.00 Å². The third-order valence-electron chi connectivity index (χ3n) is 0.683. The Morgan fingerprint density at radius 1 is 1.86 bits per heavy atom.